The summed E-state index contributed by atoms with van der Waals surface area (Å²) in [4.78, 5) is 43.0. The van der Waals surface area contributed by atoms with E-state index in [0.29, 0.717) is 27.5 Å². The SMILES string of the molecule is COC(=O)[C@@H](Cc1cn(C(=O)OC(C)(C)C)c2ccccc12)NC(=O)c1ccnc2ccccc12. The maximum Gasteiger partial charge on any atom is 0.419 e. The Hall–Kier alpha value is -4.20. The Labute approximate surface area is 202 Å². The fraction of sp³-hybridized carbons (Fsp3) is 0.259. The van der Waals surface area contributed by atoms with Gasteiger partial charge in [0, 0.05) is 29.6 Å². The fourth-order valence-corrected chi connectivity index (χ4v) is 3.96. The number of pyridine rings is 1. The van der Waals surface area contributed by atoms with Crippen LogP contribution in [-0.4, -0.2) is 46.3 Å². The Morgan fingerprint density at radius 1 is 1.00 bits per heavy atom. The summed E-state index contributed by atoms with van der Waals surface area (Å²) in [7, 11) is 1.27. The van der Waals surface area contributed by atoms with E-state index in [-0.39, 0.29) is 6.42 Å². The molecule has 0 aliphatic heterocycles. The highest BCUT2D eigenvalue weighted by Gasteiger charge is 2.27. The number of esters is 1. The molecule has 4 aromatic rings. The van der Waals surface area contributed by atoms with Crippen molar-refractivity contribution in [3.8, 4) is 0 Å². The molecule has 2 aromatic carbocycles. The molecule has 0 bridgehead atoms. The van der Waals surface area contributed by atoms with Crippen molar-refractivity contribution in [1.29, 1.82) is 0 Å². The number of carbonyl (C=O) groups is 3. The zero-order valence-electron chi connectivity index (χ0n) is 20.1. The van der Waals surface area contributed by atoms with Gasteiger partial charge in [-0.1, -0.05) is 36.4 Å². The lowest BCUT2D eigenvalue weighted by atomic mass is 10.0. The predicted molar refractivity (Wildman–Crippen MR) is 132 cm³/mol. The van der Waals surface area contributed by atoms with Crippen LogP contribution in [0, 0.1) is 0 Å². The summed E-state index contributed by atoms with van der Waals surface area (Å²) < 4.78 is 11.9. The number of nitrogens with zero attached hydrogens (tertiary/aromatic N) is 2. The van der Waals surface area contributed by atoms with Gasteiger partial charge < -0.3 is 14.8 Å². The number of hydrogen-bond acceptors (Lipinski definition) is 6. The van der Waals surface area contributed by atoms with Crippen LogP contribution in [0.1, 0.15) is 36.7 Å². The minimum atomic E-state index is -0.975. The number of nitrogens with one attached hydrogen (secondary N) is 1. The average Bonchev–Trinajstić information content (AvgIpc) is 3.20. The number of para-hydroxylation sites is 2. The van der Waals surface area contributed by atoms with Crippen molar-refractivity contribution in [3.05, 3.63) is 78.1 Å². The predicted octanol–water partition coefficient (Wildman–Crippen LogP) is 4.49. The second-order valence-electron chi connectivity index (χ2n) is 9.15. The van der Waals surface area contributed by atoms with Gasteiger partial charge in [-0.15, -0.1) is 0 Å². The first-order valence-electron chi connectivity index (χ1n) is 11.2. The number of benzene rings is 2. The summed E-state index contributed by atoms with van der Waals surface area (Å²) in [6.45, 7) is 5.38. The molecule has 2 aromatic heterocycles. The fourth-order valence-electron chi connectivity index (χ4n) is 3.96. The molecule has 0 aliphatic rings. The first-order valence-corrected chi connectivity index (χ1v) is 11.2. The molecular weight excluding hydrogens is 446 g/mol. The molecular formula is C27H27N3O5. The maximum atomic E-state index is 13.2. The molecule has 180 valence electrons. The van der Waals surface area contributed by atoms with E-state index in [9.17, 15) is 14.4 Å². The van der Waals surface area contributed by atoms with Crippen LogP contribution in [0.3, 0.4) is 0 Å². The summed E-state index contributed by atoms with van der Waals surface area (Å²) in [6.07, 6.45) is 2.79. The molecule has 1 amide bonds. The van der Waals surface area contributed by atoms with Crippen LogP contribution in [0.4, 0.5) is 4.79 Å². The van der Waals surface area contributed by atoms with Crippen LogP contribution >= 0.6 is 0 Å². The van der Waals surface area contributed by atoms with E-state index < -0.39 is 29.6 Å². The van der Waals surface area contributed by atoms with Gasteiger partial charge in [-0.05, 0) is 44.5 Å². The van der Waals surface area contributed by atoms with Crippen molar-refractivity contribution >= 4 is 39.8 Å². The highest BCUT2D eigenvalue weighted by molar-refractivity contribution is 6.07. The molecule has 35 heavy (non-hydrogen) atoms. The zero-order valence-corrected chi connectivity index (χ0v) is 20.1. The Kier molecular flexibility index (Phi) is 6.55. The molecule has 1 atom stereocenters. The second-order valence-corrected chi connectivity index (χ2v) is 9.15. The average molecular weight is 474 g/mol. The van der Waals surface area contributed by atoms with Gasteiger partial charge in [-0.3, -0.25) is 14.3 Å². The van der Waals surface area contributed by atoms with E-state index in [1.165, 1.54) is 11.7 Å². The number of rotatable bonds is 5. The lowest BCUT2D eigenvalue weighted by Crippen LogP contribution is -2.43. The Bertz CT molecular complexity index is 1410. The first kappa shape index (κ1) is 23.9. The lowest BCUT2D eigenvalue weighted by molar-refractivity contribution is -0.142. The van der Waals surface area contributed by atoms with Gasteiger partial charge >= 0.3 is 12.1 Å². The molecule has 0 fully saturated rings. The van der Waals surface area contributed by atoms with E-state index in [4.69, 9.17) is 9.47 Å². The first-order chi connectivity index (χ1) is 16.7. The van der Waals surface area contributed by atoms with Gasteiger partial charge in [0.05, 0.1) is 23.7 Å². The van der Waals surface area contributed by atoms with Gasteiger partial charge in [0.2, 0.25) is 0 Å². The van der Waals surface area contributed by atoms with Crippen LogP contribution in [0.15, 0.2) is 67.0 Å². The third-order valence-corrected chi connectivity index (χ3v) is 5.49. The standard InChI is InChI=1S/C27H27N3O5/c1-27(2,3)35-26(33)30-16-17(18-9-6-8-12-23(18)30)15-22(25(32)34-4)29-24(31)20-13-14-28-21-11-7-5-10-19(20)21/h5-14,16,22H,15H2,1-4H3,(H,29,31)/t22-/m1/s1. The molecule has 8 heteroatoms. The third-order valence-electron chi connectivity index (χ3n) is 5.49. The Balaban J connectivity index is 1.67. The monoisotopic (exact) mass is 473 g/mol. The van der Waals surface area contributed by atoms with Gasteiger partial charge in [-0.2, -0.15) is 0 Å². The number of aromatic nitrogens is 2. The molecule has 0 aliphatic carbocycles. The topological polar surface area (TPSA) is 99.5 Å². The molecule has 0 unspecified atom stereocenters. The van der Waals surface area contributed by atoms with Gasteiger partial charge in [-0.25, -0.2) is 9.59 Å². The van der Waals surface area contributed by atoms with Crippen molar-refractivity contribution in [2.24, 2.45) is 0 Å². The van der Waals surface area contributed by atoms with E-state index in [0.717, 1.165) is 5.39 Å². The van der Waals surface area contributed by atoms with Crippen molar-refractivity contribution in [2.75, 3.05) is 7.11 Å². The number of fused-ring (bicyclic) bond motifs is 2. The lowest BCUT2D eigenvalue weighted by Gasteiger charge is -2.19. The molecule has 0 saturated heterocycles. The summed E-state index contributed by atoms with van der Waals surface area (Å²) in [5, 5.41) is 4.25. The summed E-state index contributed by atoms with van der Waals surface area (Å²) in [5.41, 5.74) is 1.75. The molecule has 1 N–H and O–H groups in total. The molecule has 0 radical (unpaired) electrons. The van der Waals surface area contributed by atoms with Crippen LogP contribution < -0.4 is 5.32 Å². The largest absolute Gasteiger partial charge is 0.467 e. The summed E-state index contributed by atoms with van der Waals surface area (Å²) >= 11 is 0. The van der Waals surface area contributed by atoms with E-state index in [2.05, 4.69) is 10.3 Å². The molecule has 2 heterocycles. The van der Waals surface area contributed by atoms with Crippen molar-refractivity contribution in [1.82, 2.24) is 14.9 Å². The van der Waals surface area contributed by atoms with Gasteiger partial charge in [0.25, 0.3) is 5.91 Å². The van der Waals surface area contributed by atoms with Crippen LogP contribution in [0.25, 0.3) is 21.8 Å². The minimum Gasteiger partial charge on any atom is -0.467 e. The normalized spacial score (nSPS) is 12.3. The van der Waals surface area contributed by atoms with Gasteiger partial charge in [0.15, 0.2) is 0 Å². The molecule has 4 rings (SSSR count). The minimum absolute atomic E-state index is 0.123. The summed E-state index contributed by atoms with van der Waals surface area (Å²) in [5.74, 6) is -1.01. The maximum absolute atomic E-state index is 13.2. The van der Waals surface area contributed by atoms with Crippen molar-refractivity contribution < 1.29 is 23.9 Å². The van der Waals surface area contributed by atoms with E-state index in [1.807, 2.05) is 36.4 Å². The van der Waals surface area contributed by atoms with Gasteiger partial charge in [0.1, 0.15) is 11.6 Å². The summed E-state index contributed by atoms with van der Waals surface area (Å²) in [6, 6.07) is 15.3. The Morgan fingerprint density at radius 2 is 1.69 bits per heavy atom. The van der Waals surface area contributed by atoms with Crippen LogP contribution in [0.2, 0.25) is 0 Å². The third kappa shape index (κ3) is 5.16. The van der Waals surface area contributed by atoms with Crippen molar-refractivity contribution in [3.63, 3.8) is 0 Å². The highest BCUT2D eigenvalue weighted by Crippen LogP contribution is 2.25. The number of carbonyl (C=O) groups excluding carboxylic acids is 3. The van der Waals surface area contributed by atoms with E-state index >= 15 is 0 Å². The second kappa shape index (κ2) is 9.58. The smallest absolute Gasteiger partial charge is 0.419 e. The quantitative estimate of drug-likeness (QED) is 0.429. The number of ether oxygens (including phenoxy) is 2. The van der Waals surface area contributed by atoms with Crippen LogP contribution in [0.5, 0.6) is 0 Å². The van der Waals surface area contributed by atoms with Crippen molar-refractivity contribution in [2.45, 2.75) is 38.8 Å². The van der Waals surface area contributed by atoms with E-state index in [1.54, 1.807) is 51.4 Å². The molecule has 8 nitrogen and oxygen atoms in total. The molecule has 0 spiro atoms. The zero-order chi connectivity index (χ0) is 25.2. The highest BCUT2D eigenvalue weighted by atomic mass is 16.6. The number of amides is 1. The molecule has 0 saturated carbocycles. The van der Waals surface area contributed by atoms with Crippen LogP contribution in [-0.2, 0) is 20.7 Å². The Morgan fingerprint density at radius 3 is 2.40 bits per heavy atom. The number of hydrogen-bond donors (Lipinski definition) is 1. The number of methoxy groups -OCH3 is 1.